The van der Waals surface area contributed by atoms with Gasteiger partial charge in [-0.1, -0.05) is 0 Å². The molecule has 6 rings (SSSR count). The van der Waals surface area contributed by atoms with Crippen LogP contribution in [0.4, 0.5) is 23.0 Å². The number of anilines is 4. The molecule has 0 bridgehead atoms. The Kier molecular flexibility index (Phi) is 5.42. The van der Waals surface area contributed by atoms with Crippen LogP contribution in [-0.2, 0) is 0 Å². The Hall–Kier alpha value is -4.17. The van der Waals surface area contributed by atoms with Crippen LogP contribution >= 0.6 is 0 Å². The molecule has 35 heavy (non-hydrogen) atoms. The van der Waals surface area contributed by atoms with Crippen LogP contribution in [0.25, 0.3) is 11.3 Å². The SMILES string of the molecule is CN[C@@H]1CCCN(c2ccc(Nc3cc(NC4CC4)n4ncc(C#N)c4n3)cc2-n2cnnc2)C1. The van der Waals surface area contributed by atoms with Crippen molar-refractivity contribution in [3.63, 3.8) is 0 Å². The molecule has 4 heterocycles. The van der Waals surface area contributed by atoms with Gasteiger partial charge in [0.15, 0.2) is 5.65 Å². The van der Waals surface area contributed by atoms with Crippen LogP contribution in [0, 0.1) is 11.3 Å². The maximum Gasteiger partial charge on any atom is 0.177 e. The summed E-state index contributed by atoms with van der Waals surface area (Å²) >= 11 is 0. The number of fused-ring (bicyclic) bond motifs is 1. The summed E-state index contributed by atoms with van der Waals surface area (Å²) in [7, 11) is 2.02. The highest BCUT2D eigenvalue weighted by atomic mass is 15.3. The highest BCUT2D eigenvalue weighted by Gasteiger charge is 2.24. The van der Waals surface area contributed by atoms with E-state index >= 15 is 0 Å². The zero-order chi connectivity index (χ0) is 23.8. The summed E-state index contributed by atoms with van der Waals surface area (Å²) in [5.74, 6) is 1.47. The van der Waals surface area contributed by atoms with Crippen LogP contribution in [0.1, 0.15) is 31.2 Å². The normalized spacial score (nSPS) is 17.9. The molecule has 11 heteroatoms. The lowest BCUT2D eigenvalue weighted by molar-refractivity contribution is 0.449. The Balaban J connectivity index is 1.36. The fourth-order valence-corrected chi connectivity index (χ4v) is 4.63. The van der Waals surface area contributed by atoms with Crippen molar-refractivity contribution in [3.05, 3.63) is 48.7 Å². The molecule has 0 amide bonds. The fraction of sp³-hybridized carbons (Fsp3) is 0.375. The first-order valence-electron chi connectivity index (χ1n) is 12.0. The van der Waals surface area contributed by atoms with E-state index in [1.54, 1.807) is 23.4 Å². The van der Waals surface area contributed by atoms with Gasteiger partial charge in [0.05, 0.1) is 17.6 Å². The number of nitrogens with one attached hydrogen (secondary N) is 3. The lowest BCUT2D eigenvalue weighted by Crippen LogP contribution is -2.44. The maximum absolute atomic E-state index is 9.52. The molecule has 1 saturated heterocycles. The van der Waals surface area contributed by atoms with Gasteiger partial charge in [0.25, 0.3) is 0 Å². The number of rotatable bonds is 7. The van der Waals surface area contributed by atoms with Gasteiger partial charge in [-0.3, -0.25) is 4.57 Å². The van der Waals surface area contributed by atoms with E-state index in [2.05, 4.69) is 60.4 Å². The molecule has 1 aliphatic carbocycles. The third kappa shape index (κ3) is 4.24. The number of hydrogen-bond acceptors (Lipinski definition) is 9. The zero-order valence-electron chi connectivity index (χ0n) is 19.5. The van der Waals surface area contributed by atoms with Crippen molar-refractivity contribution in [2.24, 2.45) is 0 Å². The average Bonchev–Trinajstić information content (AvgIpc) is 3.36. The van der Waals surface area contributed by atoms with Gasteiger partial charge in [0.2, 0.25) is 0 Å². The molecule has 2 fully saturated rings. The van der Waals surface area contributed by atoms with Crippen LogP contribution in [0.5, 0.6) is 0 Å². The summed E-state index contributed by atoms with van der Waals surface area (Å²) in [6, 6.07) is 11.3. The summed E-state index contributed by atoms with van der Waals surface area (Å²) in [6.45, 7) is 1.96. The maximum atomic E-state index is 9.52. The third-order valence-corrected chi connectivity index (χ3v) is 6.64. The minimum Gasteiger partial charge on any atom is -0.368 e. The fourth-order valence-electron chi connectivity index (χ4n) is 4.63. The van der Waals surface area contributed by atoms with E-state index in [1.165, 1.54) is 6.42 Å². The number of aromatic nitrogens is 6. The monoisotopic (exact) mass is 469 g/mol. The largest absolute Gasteiger partial charge is 0.368 e. The predicted octanol–water partition coefficient (Wildman–Crippen LogP) is 2.69. The quantitative estimate of drug-likeness (QED) is 0.375. The Labute approximate surface area is 202 Å². The van der Waals surface area contributed by atoms with Crippen LogP contribution in [0.2, 0.25) is 0 Å². The topological polar surface area (TPSA) is 124 Å². The summed E-state index contributed by atoms with van der Waals surface area (Å²) in [5.41, 5.74) is 3.99. The second-order valence-electron chi connectivity index (χ2n) is 9.12. The van der Waals surface area contributed by atoms with Gasteiger partial charge in [-0.15, -0.1) is 10.2 Å². The Morgan fingerprint density at radius 1 is 1.06 bits per heavy atom. The molecule has 0 radical (unpaired) electrons. The molecule has 11 nitrogen and oxygen atoms in total. The van der Waals surface area contributed by atoms with Crippen LogP contribution < -0.4 is 20.9 Å². The molecule has 0 spiro atoms. The van der Waals surface area contributed by atoms with Crippen molar-refractivity contribution in [2.45, 2.75) is 37.8 Å². The van der Waals surface area contributed by atoms with E-state index < -0.39 is 0 Å². The summed E-state index contributed by atoms with van der Waals surface area (Å²) < 4.78 is 3.63. The standard InChI is InChI=1S/C24H27N11/c1-26-19-3-2-8-33(13-19)20-7-6-18(9-21(20)34-14-27-28-15-34)30-22-10-23(31-17-4-5-17)35-24(32-22)16(11-25)12-29-35/h6-7,9-10,12,14-15,17,19,26,31H,2-5,8,13H2,1H3,(H,30,32)/t19-/m1/s1. The molecule has 3 aromatic heterocycles. The smallest absolute Gasteiger partial charge is 0.177 e. The molecule has 4 aromatic rings. The van der Waals surface area contributed by atoms with E-state index in [1.807, 2.05) is 17.7 Å². The van der Waals surface area contributed by atoms with Crippen LogP contribution in [0.15, 0.2) is 43.1 Å². The van der Waals surface area contributed by atoms with Crippen molar-refractivity contribution in [3.8, 4) is 11.8 Å². The van der Waals surface area contributed by atoms with E-state index in [-0.39, 0.29) is 0 Å². The highest BCUT2D eigenvalue weighted by molar-refractivity contribution is 5.73. The third-order valence-electron chi connectivity index (χ3n) is 6.64. The molecule has 178 valence electrons. The van der Waals surface area contributed by atoms with Gasteiger partial charge < -0.3 is 20.9 Å². The molecule has 1 saturated carbocycles. The zero-order valence-corrected chi connectivity index (χ0v) is 19.5. The molecule has 3 N–H and O–H groups in total. The number of hydrogen-bond donors (Lipinski definition) is 3. The first-order chi connectivity index (χ1) is 17.2. The Bertz CT molecular complexity index is 1380. The first-order valence-corrected chi connectivity index (χ1v) is 12.0. The molecular weight excluding hydrogens is 442 g/mol. The summed E-state index contributed by atoms with van der Waals surface area (Å²) in [4.78, 5) is 7.11. The average molecular weight is 470 g/mol. The van der Waals surface area contributed by atoms with Crippen molar-refractivity contribution < 1.29 is 0 Å². The molecular formula is C24H27N11. The van der Waals surface area contributed by atoms with E-state index in [4.69, 9.17) is 4.98 Å². The summed E-state index contributed by atoms with van der Waals surface area (Å²) in [5, 5.41) is 32.3. The van der Waals surface area contributed by atoms with Crippen molar-refractivity contribution in [1.29, 1.82) is 5.26 Å². The van der Waals surface area contributed by atoms with Gasteiger partial charge in [-0.2, -0.15) is 14.9 Å². The highest BCUT2D eigenvalue weighted by Crippen LogP contribution is 2.32. The molecule has 2 aliphatic rings. The number of nitrogens with zero attached hydrogens (tertiary/aromatic N) is 8. The number of piperidine rings is 1. The van der Waals surface area contributed by atoms with Crippen molar-refractivity contribution in [1.82, 2.24) is 34.7 Å². The van der Waals surface area contributed by atoms with Gasteiger partial charge in [0.1, 0.15) is 35.9 Å². The van der Waals surface area contributed by atoms with Gasteiger partial charge in [0, 0.05) is 36.9 Å². The second-order valence-corrected chi connectivity index (χ2v) is 9.12. The minimum atomic E-state index is 0.439. The second kappa shape index (κ2) is 8.88. The molecule has 1 atom stereocenters. The minimum absolute atomic E-state index is 0.439. The van der Waals surface area contributed by atoms with E-state index in [0.29, 0.717) is 29.1 Å². The molecule has 0 unspecified atom stereocenters. The predicted molar refractivity (Wildman–Crippen MR) is 133 cm³/mol. The Morgan fingerprint density at radius 2 is 1.91 bits per heavy atom. The number of likely N-dealkylation sites (N-methyl/N-ethyl adjacent to an activating group) is 1. The molecule has 1 aliphatic heterocycles. The lowest BCUT2D eigenvalue weighted by atomic mass is 10.0. The van der Waals surface area contributed by atoms with Crippen LogP contribution in [-0.4, -0.2) is 61.6 Å². The van der Waals surface area contributed by atoms with Gasteiger partial charge in [-0.25, -0.2) is 4.98 Å². The van der Waals surface area contributed by atoms with E-state index in [9.17, 15) is 5.26 Å². The van der Waals surface area contributed by atoms with Gasteiger partial charge >= 0.3 is 0 Å². The van der Waals surface area contributed by atoms with E-state index in [0.717, 1.165) is 55.2 Å². The molecule has 1 aromatic carbocycles. The van der Waals surface area contributed by atoms with Crippen molar-refractivity contribution in [2.75, 3.05) is 35.7 Å². The van der Waals surface area contributed by atoms with Crippen molar-refractivity contribution >= 4 is 28.7 Å². The number of benzene rings is 1. The van der Waals surface area contributed by atoms with Gasteiger partial charge in [-0.05, 0) is 50.9 Å². The van der Waals surface area contributed by atoms with Crippen LogP contribution in [0.3, 0.4) is 0 Å². The lowest BCUT2D eigenvalue weighted by Gasteiger charge is -2.35. The Morgan fingerprint density at radius 3 is 2.69 bits per heavy atom. The first kappa shape index (κ1) is 21.4. The number of nitriles is 1. The summed E-state index contributed by atoms with van der Waals surface area (Å²) in [6.07, 6.45) is 9.58.